The molecule has 0 aromatic heterocycles. The maximum Gasteiger partial charge on any atom is 0.166 e. The van der Waals surface area contributed by atoms with Crippen LogP contribution in [-0.2, 0) is 0 Å². The Labute approximate surface area is 144 Å². The fourth-order valence-corrected chi connectivity index (χ4v) is 3.61. The number of Topliss-reactive ketones (excluding diaryl/α,β-unsaturated/α-hetero) is 1. The zero-order valence-electron chi connectivity index (χ0n) is 13.5. The Kier molecular flexibility index (Phi) is 7.00. The van der Waals surface area contributed by atoms with E-state index in [4.69, 9.17) is 0 Å². The second-order valence-corrected chi connectivity index (χ2v) is 6.57. The number of carbonyl (C=O) groups is 1. The van der Waals surface area contributed by atoms with Crippen LogP contribution < -0.4 is 5.32 Å². The highest BCUT2D eigenvalue weighted by molar-refractivity contribution is 5.97. The molecule has 2 aliphatic rings. The Morgan fingerprint density at radius 2 is 1.87 bits per heavy atom. The van der Waals surface area contributed by atoms with E-state index in [0.29, 0.717) is 11.6 Å². The molecule has 1 unspecified atom stereocenters. The lowest BCUT2D eigenvalue weighted by Crippen LogP contribution is -2.38. The van der Waals surface area contributed by atoms with Crippen molar-refractivity contribution in [3.05, 3.63) is 35.6 Å². The highest BCUT2D eigenvalue weighted by Gasteiger charge is 2.26. The largest absolute Gasteiger partial charge is 0.314 e. The maximum atomic E-state index is 12.9. The number of hydrogen-bond acceptors (Lipinski definition) is 3. The summed E-state index contributed by atoms with van der Waals surface area (Å²) in [7, 11) is 0. The molecule has 2 heterocycles. The van der Waals surface area contributed by atoms with E-state index in [1.54, 1.807) is 12.1 Å². The molecular formula is C18H26ClFN2O. The Morgan fingerprint density at radius 1 is 1.17 bits per heavy atom. The van der Waals surface area contributed by atoms with Gasteiger partial charge in [0, 0.05) is 17.5 Å². The van der Waals surface area contributed by atoms with Gasteiger partial charge in [-0.2, -0.15) is 0 Å². The number of hydrogen-bond donors (Lipinski definition) is 1. The summed E-state index contributed by atoms with van der Waals surface area (Å²) in [6.07, 6.45) is 5.68. The van der Waals surface area contributed by atoms with Crippen molar-refractivity contribution in [2.45, 2.75) is 38.1 Å². The quantitative estimate of drug-likeness (QED) is 0.835. The fraction of sp³-hybridized carbons (Fsp3) is 0.611. The summed E-state index contributed by atoms with van der Waals surface area (Å²) in [6, 6.07) is 6.65. The van der Waals surface area contributed by atoms with Crippen molar-refractivity contribution >= 4 is 18.2 Å². The van der Waals surface area contributed by atoms with Crippen molar-refractivity contribution in [2.75, 3.05) is 26.2 Å². The van der Waals surface area contributed by atoms with Crippen molar-refractivity contribution in [3.8, 4) is 0 Å². The van der Waals surface area contributed by atoms with E-state index >= 15 is 0 Å². The van der Waals surface area contributed by atoms with Gasteiger partial charge in [0.1, 0.15) is 5.82 Å². The minimum Gasteiger partial charge on any atom is -0.314 e. The maximum absolute atomic E-state index is 12.9. The molecular weight excluding hydrogens is 315 g/mol. The van der Waals surface area contributed by atoms with Gasteiger partial charge in [-0.15, -0.1) is 12.4 Å². The number of halogens is 2. The number of rotatable bonds is 5. The molecule has 0 aliphatic carbocycles. The van der Waals surface area contributed by atoms with Crippen LogP contribution in [-0.4, -0.2) is 42.9 Å². The van der Waals surface area contributed by atoms with Crippen LogP contribution in [0.2, 0.25) is 0 Å². The number of nitrogens with one attached hydrogen (secondary N) is 1. The molecule has 1 N–H and O–H groups in total. The average molecular weight is 341 g/mol. The minimum atomic E-state index is -0.285. The van der Waals surface area contributed by atoms with E-state index in [-0.39, 0.29) is 29.9 Å². The Morgan fingerprint density at radius 3 is 2.48 bits per heavy atom. The molecule has 3 rings (SSSR count). The highest BCUT2D eigenvalue weighted by Crippen LogP contribution is 2.22. The molecule has 0 bridgehead atoms. The number of carbonyl (C=O) groups excluding carboxylic acids is 1. The van der Waals surface area contributed by atoms with E-state index in [2.05, 4.69) is 10.2 Å². The molecule has 0 saturated carbocycles. The lowest BCUT2D eigenvalue weighted by molar-refractivity contribution is 0.0837. The fourth-order valence-electron chi connectivity index (χ4n) is 3.61. The molecule has 3 nitrogen and oxygen atoms in total. The second kappa shape index (κ2) is 8.76. The van der Waals surface area contributed by atoms with Gasteiger partial charge >= 0.3 is 0 Å². The van der Waals surface area contributed by atoms with Crippen LogP contribution in [0.15, 0.2) is 24.3 Å². The van der Waals surface area contributed by atoms with Crippen molar-refractivity contribution < 1.29 is 9.18 Å². The number of piperidine rings is 1. The lowest BCUT2D eigenvalue weighted by Gasteiger charge is -2.31. The molecule has 1 aromatic carbocycles. The molecule has 0 spiro atoms. The first-order chi connectivity index (χ1) is 10.7. The van der Waals surface area contributed by atoms with Crippen LogP contribution >= 0.6 is 12.4 Å². The minimum absolute atomic E-state index is 0. The Bertz CT molecular complexity index is 494. The normalized spacial score (nSPS) is 22.7. The summed E-state index contributed by atoms with van der Waals surface area (Å²) >= 11 is 0. The predicted molar refractivity (Wildman–Crippen MR) is 92.8 cm³/mol. The van der Waals surface area contributed by atoms with E-state index in [1.165, 1.54) is 37.9 Å². The van der Waals surface area contributed by atoms with E-state index in [0.717, 1.165) is 32.5 Å². The van der Waals surface area contributed by atoms with Crippen LogP contribution in [0.5, 0.6) is 0 Å². The van der Waals surface area contributed by atoms with Crippen molar-refractivity contribution in [1.82, 2.24) is 10.2 Å². The first-order valence-corrected chi connectivity index (χ1v) is 8.48. The van der Waals surface area contributed by atoms with E-state index < -0.39 is 0 Å². The van der Waals surface area contributed by atoms with Gasteiger partial charge in [0.05, 0.1) is 0 Å². The monoisotopic (exact) mass is 340 g/mol. The van der Waals surface area contributed by atoms with Crippen molar-refractivity contribution in [1.29, 1.82) is 0 Å². The van der Waals surface area contributed by atoms with Crippen LogP contribution in [0.25, 0.3) is 0 Å². The summed E-state index contributed by atoms with van der Waals surface area (Å²) in [4.78, 5) is 14.9. The number of likely N-dealkylation sites (tertiary alicyclic amines) is 1. The smallest absolute Gasteiger partial charge is 0.166 e. The van der Waals surface area contributed by atoms with Crippen LogP contribution in [0.3, 0.4) is 0 Å². The Balaban J connectivity index is 0.00000192. The topological polar surface area (TPSA) is 32.3 Å². The second-order valence-electron chi connectivity index (χ2n) is 6.57. The first-order valence-electron chi connectivity index (χ1n) is 8.48. The average Bonchev–Trinajstić information content (AvgIpc) is 3.07. The summed E-state index contributed by atoms with van der Waals surface area (Å²) in [6.45, 7) is 4.31. The first kappa shape index (κ1) is 18.4. The summed E-state index contributed by atoms with van der Waals surface area (Å²) in [5.74, 6) is -0.00434. The van der Waals surface area contributed by atoms with Crippen molar-refractivity contribution in [2.24, 2.45) is 5.92 Å². The van der Waals surface area contributed by atoms with Crippen molar-refractivity contribution in [3.63, 3.8) is 0 Å². The van der Waals surface area contributed by atoms with Gasteiger partial charge in [-0.05, 0) is 82.5 Å². The van der Waals surface area contributed by atoms with Gasteiger partial charge in [0.2, 0.25) is 0 Å². The zero-order chi connectivity index (χ0) is 15.4. The molecule has 2 fully saturated rings. The third-order valence-electron chi connectivity index (χ3n) is 5.04. The number of nitrogens with zero attached hydrogens (tertiary/aromatic N) is 1. The highest BCUT2D eigenvalue weighted by atomic mass is 35.5. The molecule has 0 radical (unpaired) electrons. The lowest BCUT2D eigenvalue weighted by atomic mass is 9.89. The molecule has 5 heteroatoms. The van der Waals surface area contributed by atoms with E-state index in [9.17, 15) is 9.18 Å². The standard InChI is InChI=1S/C18H25FN2O.ClH/c19-16-5-3-14(4-6-16)18(22)15-7-11-21(12-8-15)13-9-17-2-1-10-20-17;/h3-6,15,17,20H,1-2,7-13H2;1H. The Hall–Kier alpha value is -0.970. The number of ketones is 1. The SMILES string of the molecule is Cl.O=C(c1ccc(F)cc1)C1CCN(CCC2CCCN2)CC1. The van der Waals surface area contributed by atoms with Gasteiger partial charge in [-0.1, -0.05) is 0 Å². The molecule has 0 amide bonds. The molecule has 23 heavy (non-hydrogen) atoms. The van der Waals surface area contributed by atoms with E-state index in [1.807, 2.05) is 0 Å². The summed E-state index contributed by atoms with van der Waals surface area (Å²) < 4.78 is 12.9. The summed E-state index contributed by atoms with van der Waals surface area (Å²) in [5.41, 5.74) is 0.648. The molecule has 1 atom stereocenters. The molecule has 2 aliphatic heterocycles. The third kappa shape index (κ3) is 5.00. The van der Waals surface area contributed by atoms with Gasteiger partial charge in [-0.3, -0.25) is 4.79 Å². The van der Waals surface area contributed by atoms with Crippen LogP contribution in [0.1, 0.15) is 42.5 Å². The van der Waals surface area contributed by atoms with Crippen LogP contribution in [0.4, 0.5) is 4.39 Å². The molecule has 128 valence electrons. The van der Waals surface area contributed by atoms with Gasteiger partial charge in [0.25, 0.3) is 0 Å². The number of benzene rings is 1. The molecule has 1 aromatic rings. The van der Waals surface area contributed by atoms with Gasteiger partial charge < -0.3 is 10.2 Å². The third-order valence-corrected chi connectivity index (χ3v) is 5.04. The zero-order valence-corrected chi connectivity index (χ0v) is 14.3. The summed E-state index contributed by atoms with van der Waals surface area (Å²) in [5, 5.41) is 3.54. The van der Waals surface area contributed by atoms with Gasteiger partial charge in [0.15, 0.2) is 5.78 Å². The predicted octanol–water partition coefficient (Wildman–Crippen LogP) is 3.28. The van der Waals surface area contributed by atoms with Gasteiger partial charge in [-0.25, -0.2) is 4.39 Å². The van der Waals surface area contributed by atoms with Crippen LogP contribution in [0, 0.1) is 11.7 Å². The molecule has 2 saturated heterocycles.